The minimum atomic E-state index is -0.452. The number of fused-ring (bicyclic) bond motifs is 1. The van der Waals surface area contributed by atoms with Crippen LogP contribution >= 0.6 is 11.3 Å². The third-order valence-electron chi connectivity index (χ3n) is 2.79. The van der Waals surface area contributed by atoms with E-state index in [0.717, 1.165) is 17.0 Å². The Morgan fingerprint density at radius 1 is 1.50 bits per heavy atom. The van der Waals surface area contributed by atoms with E-state index in [9.17, 15) is 4.79 Å². The first kappa shape index (κ1) is 11.2. The fourth-order valence-electron chi connectivity index (χ4n) is 1.93. The van der Waals surface area contributed by atoms with Crippen molar-refractivity contribution in [2.24, 2.45) is 0 Å². The predicted molar refractivity (Wildman–Crippen MR) is 70.0 cm³/mol. The third-order valence-corrected chi connectivity index (χ3v) is 3.66. The van der Waals surface area contributed by atoms with Gasteiger partial charge in [-0.2, -0.15) is 0 Å². The zero-order valence-electron chi connectivity index (χ0n) is 9.84. The Morgan fingerprint density at radius 3 is 3.06 bits per heavy atom. The van der Waals surface area contributed by atoms with Crippen LogP contribution in [0.25, 0.3) is 0 Å². The van der Waals surface area contributed by atoms with Gasteiger partial charge in [-0.15, -0.1) is 11.3 Å². The molecule has 92 valence electrons. The first-order valence-electron chi connectivity index (χ1n) is 5.70. The average molecular weight is 260 g/mol. The van der Waals surface area contributed by atoms with Crippen molar-refractivity contribution in [1.29, 1.82) is 0 Å². The highest BCUT2D eigenvalue weighted by atomic mass is 32.1. The summed E-state index contributed by atoms with van der Waals surface area (Å²) in [6, 6.07) is 7.72. The van der Waals surface area contributed by atoms with Crippen LogP contribution in [0.5, 0.6) is 5.75 Å². The Hall–Kier alpha value is -1.88. The number of ether oxygens (including phenoxy) is 1. The molecule has 1 N–H and O–H groups in total. The SMILES string of the molecule is Cc1csc(NC(=O)[C@@H]2Cc3ccccc3O2)n1. The zero-order chi connectivity index (χ0) is 12.5. The summed E-state index contributed by atoms with van der Waals surface area (Å²) in [6.07, 6.45) is 0.165. The Bertz CT molecular complexity index is 569. The highest BCUT2D eigenvalue weighted by Gasteiger charge is 2.29. The average Bonchev–Trinajstić information content (AvgIpc) is 2.95. The van der Waals surface area contributed by atoms with Gasteiger partial charge in [-0.05, 0) is 18.6 Å². The number of benzene rings is 1. The van der Waals surface area contributed by atoms with Crippen molar-refractivity contribution in [2.45, 2.75) is 19.4 Å². The lowest BCUT2D eigenvalue weighted by molar-refractivity contribution is -0.122. The normalized spacial score (nSPS) is 17.1. The monoisotopic (exact) mass is 260 g/mol. The lowest BCUT2D eigenvalue weighted by Crippen LogP contribution is -2.31. The highest BCUT2D eigenvalue weighted by molar-refractivity contribution is 7.13. The molecular weight excluding hydrogens is 248 g/mol. The highest BCUT2D eigenvalue weighted by Crippen LogP contribution is 2.28. The molecule has 0 radical (unpaired) electrons. The van der Waals surface area contributed by atoms with Gasteiger partial charge in [-0.3, -0.25) is 10.1 Å². The molecule has 0 aliphatic carbocycles. The Morgan fingerprint density at radius 2 is 2.33 bits per heavy atom. The molecule has 0 saturated heterocycles. The molecule has 1 atom stereocenters. The fraction of sp³-hybridized carbons (Fsp3) is 0.231. The van der Waals surface area contributed by atoms with Crippen LogP contribution in [0.15, 0.2) is 29.6 Å². The number of thiazole rings is 1. The van der Waals surface area contributed by atoms with Gasteiger partial charge in [-0.25, -0.2) is 4.98 Å². The molecule has 1 aliphatic heterocycles. The van der Waals surface area contributed by atoms with E-state index in [2.05, 4.69) is 10.3 Å². The number of nitrogens with zero attached hydrogens (tertiary/aromatic N) is 1. The summed E-state index contributed by atoms with van der Waals surface area (Å²) in [4.78, 5) is 16.2. The summed E-state index contributed by atoms with van der Waals surface area (Å²) in [5, 5.41) is 5.31. The van der Waals surface area contributed by atoms with E-state index in [0.29, 0.717) is 11.6 Å². The number of nitrogens with one attached hydrogen (secondary N) is 1. The lowest BCUT2D eigenvalue weighted by atomic mass is 10.1. The number of para-hydroxylation sites is 1. The van der Waals surface area contributed by atoms with E-state index in [4.69, 9.17) is 4.74 Å². The van der Waals surface area contributed by atoms with E-state index in [1.807, 2.05) is 36.6 Å². The molecular formula is C13H12N2O2S. The second-order valence-corrected chi connectivity index (χ2v) is 5.06. The van der Waals surface area contributed by atoms with E-state index in [1.165, 1.54) is 11.3 Å². The van der Waals surface area contributed by atoms with E-state index < -0.39 is 6.10 Å². The van der Waals surface area contributed by atoms with Crippen molar-refractivity contribution in [3.8, 4) is 5.75 Å². The Balaban J connectivity index is 1.69. The summed E-state index contributed by atoms with van der Waals surface area (Å²) in [5.74, 6) is 0.661. The molecule has 3 rings (SSSR count). The Kier molecular flexibility index (Phi) is 2.76. The zero-order valence-corrected chi connectivity index (χ0v) is 10.7. The largest absolute Gasteiger partial charge is 0.480 e. The van der Waals surface area contributed by atoms with Crippen LogP contribution < -0.4 is 10.1 Å². The molecule has 0 bridgehead atoms. The minimum Gasteiger partial charge on any atom is -0.480 e. The second kappa shape index (κ2) is 4.42. The molecule has 5 heteroatoms. The maximum absolute atomic E-state index is 12.0. The van der Waals surface area contributed by atoms with Crippen LogP contribution in [0, 0.1) is 6.92 Å². The molecule has 1 amide bonds. The quantitative estimate of drug-likeness (QED) is 0.902. The molecule has 1 aliphatic rings. The number of hydrogen-bond acceptors (Lipinski definition) is 4. The van der Waals surface area contributed by atoms with Gasteiger partial charge in [-0.1, -0.05) is 18.2 Å². The van der Waals surface area contributed by atoms with Gasteiger partial charge in [0.2, 0.25) is 0 Å². The molecule has 2 heterocycles. The van der Waals surface area contributed by atoms with E-state index in [1.54, 1.807) is 0 Å². The van der Waals surface area contributed by atoms with Crippen molar-refractivity contribution in [2.75, 3.05) is 5.32 Å². The van der Waals surface area contributed by atoms with Gasteiger partial charge in [0, 0.05) is 11.8 Å². The Labute approximate surface area is 109 Å². The van der Waals surface area contributed by atoms with Crippen molar-refractivity contribution >= 4 is 22.4 Å². The molecule has 0 fully saturated rings. The van der Waals surface area contributed by atoms with Crippen LogP contribution in [0.2, 0.25) is 0 Å². The summed E-state index contributed by atoms with van der Waals surface area (Å²) < 4.78 is 5.61. The van der Waals surface area contributed by atoms with Crippen LogP contribution in [-0.4, -0.2) is 17.0 Å². The van der Waals surface area contributed by atoms with Crippen LogP contribution in [0.4, 0.5) is 5.13 Å². The lowest BCUT2D eigenvalue weighted by Gasteiger charge is -2.09. The minimum absolute atomic E-state index is 0.138. The molecule has 0 saturated carbocycles. The topological polar surface area (TPSA) is 51.2 Å². The van der Waals surface area contributed by atoms with Gasteiger partial charge in [0.05, 0.1) is 5.69 Å². The summed E-state index contributed by atoms with van der Waals surface area (Å²) >= 11 is 1.42. The number of rotatable bonds is 2. The fourth-order valence-corrected chi connectivity index (χ4v) is 2.62. The van der Waals surface area contributed by atoms with Gasteiger partial charge < -0.3 is 4.74 Å². The standard InChI is InChI=1S/C13H12N2O2S/c1-8-7-18-13(14-8)15-12(16)11-6-9-4-2-3-5-10(9)17-11/h2-5,7,11H,6H2,1H3,(H,14,15,16)/t11-/m0/s1. The molecule has 18 heavy (non-hydrogen) atoms. The number of hydrogen-bond donors (Lipinski definition) is 1. The van der Waals surface area contributed by atoms with Gasteiger partial charge in [0.1, 0.15) is 5.75 Å². The summed E-state index contributed by atoms with van der Waals surface area (Å²) in [5.41, 5.74) is 1.99. The van der Waals surface area contributed by atoms with Gasteiger partial charge in [0.15, 0.2) is 11.2 Å². The first-order chi connectivity index (χ1) is 8.72. The molecule has 0 spiro atoms. The number of aryl methyl sites for hydroxylation is 1. The summed E-state index contributed by atoms with van der Waals surface area (Å²) in [6.45, 7) is 1.90. The number of carbonyl (C=O) groups excluding carboxylic acids is 1. The van der Waals surface area contributed by atoms with Gasteiger partial charge >= 0.3 is 0 Å². The molecule has 1 aromatic carbocycles. The van der Waals surface area contributed by atoms with Crippen LogP contribution in [0.1, 0.15) is 11.3 Å². The number of anilines is 1. The molecule has 4 nitrogen and oxygen atoms in total. The molecule has 0 unspecified atom stereocenters. The second-order valence-electron chi connectivity index (χ2n) is 4.20. The first-order valence-corrected chi connectivity index (χ1v) is 6.58. The van der Waals surface area contributed by atoms with Crippen molar-refractivity contribution in [3.05, 3.63) is 40.9 Å². The van der Waals surface area contributed by atoms with Crippen LogP contribution in [0.3, 0.4) is 0 Å². The predicted octanol–water partition coefficient (Wildman–Crippen LogP) is 2.39. The maximum atomic E-state index is 12.0. The van der Waals surface area contributed by atoms with Gasteiger partial charge in [0.25, 0.3) is 5.91 Å². The van der Waals surface area contributed by atoms with Crippen LogP contribution in [-0.2, 0) is 11.2 Å². The van der Waals surface area contributed by atoms with Crippen molar-refractivity contribution < 1.29 is 9.53 Å². The van der Waals surface area contributed by atoms with E-state index in [-0.39, 0.29) is 5.91 Å². The van der Waals surface area contributed by atoms with E-state index >= 15 is 0 Å². The summed E-state index contributed by atoms with van der Waals surface area (Å²) in [7, 11) is 0. The third kappa shape index (κ3) is 2.09. The number of carbonyl (C=O) groups is 1. The number of amides is 1. The van der Waals surface area contributed by atoms with Crippen molar-refractivity contribution in [3.63, 3.8) is 0 Å². The maximum Gasteiger partial charge on any atom is 0.267 e. The molecule has 2 aromatic rings. The van der Waals surface area contributed by atoms with Crippen molar-refractivity contribution in [1.82, 2.24) is 4.98 Å². The smallest absolute Gasteiger partial charge is 0.267 e. The molecule has 1 aromatic heterocycles. The number of aromatic nitrogens is 1.